The molecule has 1 saturated carbocycles. The van der Waals surface area contributed by atoms with E-state index in [2.05, 4.69) is 40.1 Å². The Morgan fingerprint density at radius 1 is 1.29 bits per heavy atom. The zero-order chi connectivity index (χ0) is 15.0. The summed E-state index contributed by atoms with van der Waals surface area (Å²) in [5, 5.41) is 13.6. The number of nitrogens with one attached hydrogen (secondary N) is 1. The predicted molar refractivity (Wildman–Crippen MR) is 83.5 cm³/mol. The van der Waals surface area contributed by atoms with Crippen LogP contribution in [0.2, 0.25) is 0 Å². The Morgan fingerprint density at radius 2 is 2.05 bits per heavy atom. The monoisotopic (exact) mass is 290 g/mol. The van der Waals surface area contributed by atoms with Crippen molar-refractivity contribution in [3.63, 3.8) is 0 Å². The van der Waals surface area contributed by atoms with Crippen LogP contribution >= 0.6 is 0 Å². The van der Waals surface area contributed by atoms with E-state index >= 15 is 0 Å². The maximum Gasteiger partial charge on any atom is 0.223 e. The first-order chi connectivity index (χ1) is 10.0. The van der Waals surface area contributed by atoms with Crippen molar-refractivity contribution in [3.8, 4) is 0 Å². The molecule has 0 amide bonds. The summed E-state index contributed by atoms with van der Waals surface area (Å²) in [6, 6.07) is 2.57. The third-order valence-electron chi connectivity index (χ3n) is 4.76. The smallest absolute Gasteiger partial charge is 0.223 e. The number of hydrogen-bond donors (Lipinski definition) is 2. The Kier molecular flexibility index (Phi) is 4.13. The van der Waals surface area contributed by atoms with Gasteiger partial charge in [-0.1, -0.05) is 6.42 Å². The van der Waals surface area contributed by atoms with E-state index in [0.29, 0.717) is 17.9 Å². The van der Waals surface area contributed by atoms with Crippen LogP contribution in [-0.4, -0.2) is 51.3 Å². The zero-order valence-electron chi connectivity index (χ0n) is 13.2. The van der Waals surface area contributed by atoms with Gasteiger partial charge < -0.3 is 10.4 Å². The van der Waals surface area contributed by atoms with Crippen LogP contribution < -0.4 is 5.32 Å². The predicted octanol–water partition coefficient (Wildman–Crippen LogP) is 1.92. The van der Waals surface area contributed by atoms with Crippen molar-refractivity contribution in [1.29, 1.82) is 0 Å². The van der Waals surface area contributed by atoms with Crippen LogP contribution in [0.25, 0.3) is 0 Å². The minimum Gasteiger partial charge on any atom is -0.390 e. The van der Waals surface area contributed by atoms with Gasteiger partial charge in [-0.2, -0.15) is 0 Å². The summed E-state index contributed by atoms with van der Waals surface area (Å²) >= 11 is 0. The summed E-state index contributed by atoms with van der Waals surface area (Å²) in [5.41, 5.74) is 2.16. The molecule has 2 fully saturated rings. The Balaban J connectivity index is 1.71. The van der Waals surface area contributed by atoms with Crippen molar-refractivity contribution >= 4 is 5.95 Å². The summed E-state index contributed by atoms with van der Waals surface area (Å²) in [4.78, 5) is 11.4. The molecular weight excluding hydrogens is 264 g/mol. The second kappa shape index (κ2) is 5.89. The summed E-state index contributed by atoms with van der Waals surface area (Å²) in [6.45, 7) is 7.89. The highest BCUT2D eigenvalue weighted by atomic mass is 16.3. The lowest BCUT2D eigenvalue weighted by molar-refractivity contribution is 0.161. The van der Waals surface area contributed by atoms with Crippen molar-refractivity contribution in [3.05, 3.63) is 17.5 Å². The second-order valence-electron chi connectivity index (χ2n) is 6.75. The fourth-order valence-corrected chi connectivity index (χ4v) is 3.12. The van der Waals surface area contributed by atoms with Gasteiger partial charge in [-0.15, -0.1) is 0 Å². The van der Waals surface area contributed by atoms with Crippen LogP contribution in [0.3, 0.4) is 0 Å². The second-order valence-corrected chi connectivity index (χ2v) is 6.75. The molecule has 5 nitrogen and oxygen atoms in total. The molecule has 2 heterocycles. The number of aliphatic hydroxyl groups is 1. The van der Waals surface area contributed by atoms with Crippen molar-refractivity contribution in [2.75, 3.05) is 18.4 Å². The molecule has 1 saturated heterocycles. The van der Waals surface area contributed by atoms with Crippen LogP contribution in [-0.2, 0) is 0 Å². The molecule has 1 aliphatic carbocycles. The maximum atomic E-state index is 10.2. The average Bonchev–Trinajstić information content (AvgIpc) is 2.68. The SMILES string of the molecule is Cc1cc(C2CCC2)nc(N[C@@H]2CN(C(C)C)C[C@H]2O)n1. The van der Waals surface area contributed by atoms with Gasteiger partial charge in [-0.3, -0.25) is 4.90 Å². The van der Waals surface area contributed by atoms with Crippen LogP contribution in [0.15, 0.2) is 6.07 Å². The molecule has 0 unspecified atom stereocenters. The number of hydrogen-bond acceptors (Lipinski definition) is 5. The standard InChI is InChI=1S/C16H26N4O/c1-10(2)20-8-14(15(21)9-20)19-16-17-11(3)7-13(18-16)12-5-4-6-12/h7,10,12,14-15,21H,4-6,8-9H2,1-3H3,(H,17,18,19)/t14-,15-/m1/s1. The average molecular weight is 290 g/mol. The van der Waals surface area contributed by atoms with Crippen LogP contribution in [0.4, 0.5) is 5.95 Å². The fourth-order valence-electron chi connectivity index (χ4n) is 3.12. The van der Waals surface area contributed by atoms with E-state index in [0.717, 1.165) is 24.5 Å². The van der Waals surface area contributed by atoms with E-state index in [1.807, 2.05) is 6.92 Å². The van der Waals surface area contributed by atoms with Crippen LogP contribution in [0, 0.1) is 6.92 Å². The largest absolute Gasteiger partial charge is 0.390 e. The van der Waals surface area contributed by atoms with Crippen molar-refractivity contribution in [2.24, 2.45) is 0 Å². The van der Waals surface area contributed by atoms with Gasteiger partial charge in [0.2, 0.25) is 5.95 Å². The van der Waals surface area contributed by atoms with Gasteiger partial charge >= 0.3 is 0 Å². The third-order valence-corrected chi connectivity index (χ3v) is 4.76. The molecule has 0 bridgehead atoms. The highest BCUT2D eigenvalue weighted by Gasteiger charge is 2.33. The molecular formula is C16H26N4O. The van der Waals surface area contributed by atoms with Gasteiger partial charge in [0.05, 0.1) is 12.1 Å². The molecule has 1 aromatic heterocycles. The zero-order valence-corrected chi connectivity index (χ0v) is 13.2. The third kappa shape index (κ3) is 3.19. The first kappa shape index (κ1) is 14.7. The normalized spacial score (nSPS) is 27.1. The number of rotatable bonds is 4. The quantitative estimate of drug-likeness (QED) is 0.887. The molecule has 116 valence electrons. The molecule has 2 aliphatic rings. The Hall–Kier alpha value is -1.20. The molecule has 1 aromatic rings. The Bertz CT molecular complexity index is 501. The van der Waals surface area contributed by atoms with E-state index in [1.54, 1.807) is 0 Å². The number of nitrogens with zero attached hydrogens (tertiary/aromatic N) is 3. The van der Waals surface area contributed by atoms with Gasteiger partial charge in [0.1, 0.15) is 0 Å². The highest BCUT2D eigenvalue weighted by molar-refractivity contribution is 5.32. The number of aryl methyl sites for hydroxylation is 1. The van der Waals surface area contributed by atoms with E-state index in [-0.39, 0.29) is 12.1 Å². The van der Waals surface area contributed by atoms with Crippen molar-refractivity contribution < 1.29 is 5.11 Å². The van der Waals surface area contributed by atoms with E-state index in [1.165, 1.54) is 19.3 Å². The van der Waals surface area contributed by atoms with Gasteiger partial charge in [0, 0.05) is 36.4 Å². The highest BCUT2D eigenvalue weighted by Crippen LogP contribution is 2.35. The first-order valence-electron chi connectivity index (χ1n) is 8.07. The van der Waals surface area contributed by atoms with Crippen LogP contribution in [0.5, 0.6) is 0 Å². The number of aliphatic hydroxyl groups excluding tert-OH is 1. The lowest BCUT2D eigenvalue weighted by Gasteiger charge is -2.26. The van der Waals surface area contributed by atoms with Gasteiger partial charge in [0.15, 0.2) is 0 Å². The van der Waals surface area contributed by atoms with E-state index in [4.69, 9.17) is 0 Å². The number of aromatic nitrogens is 2. The number of β-amino-alcohol motifs (C(OH)–C–C–N with tert-alkyl or cyclic N) is 1. The summed E-state index contributed by atoms with van der Waals surface area (Å²) < 4.78 is 0. The molecule has 0 spiro atoms. The Morgan fingerprint density at radius 3 is 2.62 bits per heavy atom. The van der Waals surface area contributed by atoms with E-state index < -0.39 is 0 Å². The van der Waals surface area contributed by atoms with Crippen molar-refractivity contribution in [1.82, 2.24) is 14.9 Å². The fraction of sp³-hybridized carbons (Fsp3) is 0.750. The van der Waals surface area contributed by atoms with Crippen molar-refractivity contribution in [2.45, 2.75) is 64.1 Å². The summed E-state index contributed by atoms with van der Waals surface area (Å²) in [6.07, 6.45) is 3.43. The molecule has 1 aliphatic heterocycles. The lowest BCUT2D eigenvalue weighted by Crippen LogP contribution is -2.33. The minimum absolute atomic E-state index is 0.0171. The molecule has 2 atom stereocenters. The van der Waals surface area contributed by atoms with Gasteiger partial charge in [-0.05, 0) is 39.7 Å². The van der Waals surface area contributed by atoms with Gasteiger partial charge in [-0.25, -0.2) is 9.97 Å². The maximum absolute atomic E-state index is 10.2. The number of anilines is 1. The van der Waals surface area contributed by atoms with E-state index in [9.17, 15) is 5.11 Å². The Labute approximate surface area is 126 Å². The lowest BCUT2D eigenvalue weighted by atomic mass is 9.83. The molecule has 0 aromatic carbocycles. The summed E-state index contributed by atoms with van der Waals surface area (Å²) in [7, 11) is 0. The van der Waals surface area contributed by atoms with Crippen LogP contribution in [0.1, 0.15) is 50.4 Å². The number of likely N-dealkylation sites (tertiary alicyclic amines) is 1. The van der Waals surface area contributed by atoms with Gasteiger partial charge in [0.25, 0.3) is 0 Å². The molecule has 3 rings (SSSR count). The molecule has 21 heavy (non-hydrogen) atoms. The first-order valence-corrected chi connectivity index (χ1v) is 8.07. The summed E-state index contributed by atoms with van der Waals surface area (Å²) in [5.74, 6) is 1.28. The molecule has 5 heteroatoms. The minimum atomic E-state index is -0.358. The molecule has 2 N–H and O–H groups in total. The molecule has 0 radical (unpaired) electrons. The topological polar surface area (TPSA) is 61.3 Å².